The van der Waals surface area contributed by atoms with Crippen molar-refractivity contribution in [3.05, 3.63) is 59.0 Å². The number of nitrogens with zero attached hydrogens (tertiary/aromatic N) is 1. The number of carbonyl (C=O) groups excluding carboxylic acids is 1. The summed E-state index contributed by atoms with van der Waals surface area (Å²) in [7, 11) is 1.40. The molecule has 2 aromatic rings. The maximum atomic E-state index is 11.9. The van der Waals surface area contributed by atoms with E-state index in [4.69, 9.17) is 14.2 Å². The molecule has 6 nitrogen and oxygen atoms in total. The number of esters is 1. The summed E-state index contributed by atoms with van der Waals surface area (Å²) in [6, 6.07) is 12.4. The molecule has 0 saturated heterocycles. The van der Waals surface area contributed by atoms with Gasteiger partial charge in [-0.25, -0.2) is 0 Å². The Hall–Kier alpha value is -2.76. The van der Waals surface area contributed by atoms with Gasteiger partial charge in [0.05, 0.1) is 7.11 Å². The second-order valence-corrected chi connectivity index (χ2v) is 4.39. The molecule has 22 heavy (non-hydrogen) atoms. The number of methoxy groups -OCH3 is 1. The Morgan fingerprint density at radius 1 is 1.09 bits per heavy atom. The molecule has 0 N–H and O–H groups in total. The second kappa shape index (κ2) is 7.87. The Bertz CT molecular complexity index is 666. The summed E-state index contributed by atoms with van der Waals surface area (Å²) >= 11 is 0. The molecule has 0 aliphatic heterocycles. The van der Waals surface area contributed by atoms with E-state index >= 15 is 0 Å². The molecule has 0 unspecified atom stereocenters. The maximum absolute atomic E-state index is 11.9. The van der Waals surface area contributed by atoms with Gasteiger partial charge in [0.1, 0.15) is 25.5 Å². The SMILES string of the molecule is COc1cccn(CC(=O)OCCOc2ccccc2)c1=O. The first-order chi connectivity index (χ1) is 10.7. The predicted octanol–water partition coefficient (Wildman–Crippen LogP) is 1.48. The van der Waals surface area contributed by atoms with Gasteiger partial charge in [0, 0.05) is 6.20 Å². The number of hydrogen-bond donors (Lipinski definition) is 0. The Morgan fingerprint density at radius 3 is 2.59 bits per heavy atom. The highest BCUT2D eigenvalue weighted by Crippen LogP contribution is 2.07. The quantitative estimate of drug-likeness (QED) is 0.572. The van der Waals surface area contributed by atoms with Gasteiger partial charge in [-0.15, -0.1) is 0 Å². The van der Waals surface area contributed by atoms with Crippen molar-refractivity contribution >= 4 is 5.97 Å². The highest BCUT2D eigenvalue weighted by molar-refractivity contribution is 5.69. The number of pyridine rings is 1. The van der Waals surface area contributed by atoms with Crippen LogP contribution in [0.3, 0.4) is 0 Å². The normalized spacial score (nSPS) is 10.0. The minimum atomic E-state index is -0.507. The number of carbonyl (C=O) groups is 1. The van der Waals surface area contributed by atoms with Crippen LogP contribution in [0.5, 0.6) is 11.5 Å². The Labute approximate surface area is 127 Å². The van der Waals surface area contributed by atoms with E-state index in [0.717, 1.165) is 0 Å². The molecule has 116 valence electrons. The smallest absolute Gasteiger partial charge is 0.326 e. The van der Waals surface area contributed by atoms with Crippen LogP contribution in [0.15, 0.2) is 53.5 Å². The van der Waals surface area contributed by atoms with Crippen LogP contribution >= 0.6 is 0 Å². The lowest BCUT2D eigenvalue weighted by molar-refractivity contribution is -0.145. The van der Waals surface area contributed by atoms with Crippen LogP contribution in [0.25, 0.3) is 0 Å². The van der Waals surface area contributed by atoms with Gasteiger partial charge in [0.2, 0.25) is 0 Å². The molecule has 6 heteroatoms. The fourth-order valence-corrected chi connectivity index (χ4v) is 1.81. The monoisotopic (exact) mass is 303 g/mol. The first-order valence-corrected chi connectivity index (χ1v) is 6.77. The van der Waals surface area contributed by atoms with E-state index in [0.29, 0.717) is 5.75 Å². The average Bonchev–Trinajstić information content (AvgIpc) is 2.54. The van der Waals surface area contributed by atoms with Crippen LogP contribution in [-0.2, 0) is 16.1 Å². The minimum Gasteiger partial charge on any atom is -0.491 e. The van der Waals surface area contributed by atoms with Crippen LogP contribution in [0.4, 0.5) is 0 Å². The van der Waals surface area contributed by atoms with Gasteiger partial charge in [-0.1, -0.05) is 18.2 Å². The third-order valence-electron chi connectivity index (χ3n) is 2.86. The number of aromatic nitrogens is 1. The van der Waals surface area contributed by atoms with Crippen LogP contribution in [0, 0.1) is 0 Å². The van der Waals surface area contributed by atoms with E-state index < -0.39 is 5.97 Å². The van der Waals surface area contributed by atoms with Crippen LogP contribution in [0.1, 0.15) is 0 Å². The van der Waals surface area contributed by atoms with Gasteiger partial charge in [-0.2, -0.15) is 0 Å². The summed E-state index contributed by atoms with van der Waals surface area (Å²) in [5, 5.41) is 0. The van der Waals surface area contributed by atoms with E-state index in [9.17, 15) is 9.59 Å². The highest BCUT2D eigenvalue weighted by Gasteiger charge is 2.08. The third-order valence-corrected chi connectivity index (χ3v) is 2.86. The number of para-hydroxylation sites is 1. The number of hydrogen-bond acceptors (Lipinski definition) is 5. The van der Waals surface area contributed by atoms with E-state index in [2.05, 4.69) is 0 Å². The summed E-state index contributed by atoms with van der Waals surface area (Å²) < 4.78 is 16.6. The molecule has 0 radical (unpaired) electrons. The summed E-state index contributed by atoms with van der Waals surface area (Å²) in [5.74, 6) is 0.386. The minimum absolute atomic E-state index is 0.118. The molecule has 0 amide bonds. The lowest BCUT2D eigenvalue weighted by Gasteiger charge is -2.09. The van der Waals surface area contributed by atoms with Gasteiger partial charge < -0.3 is 18.8 Å². The Balaban J connectivity index is 1.78. The molecule has 0 bridgehead atoms. The standard InChI is InChI=1S/C16H17NO5/c1-20-14-8-5-9-17(16(14)19)12-15(18)22-11-10-21-13-6-3-2-4-7-13/h2-9H,10-12H2,1H3. The molecule has 0 aliphatic rings. The van der Waals surface area contributed by atoms with Gasteiger partial charge in [-0.3, -0.25) is 9.59 Å². The first kappa shape index (κ1) is 15.6. The molecule has 1 heterocycles. The zero-order valence-corrected chi connectivity index (χ0v) is 12.2. The summed E-state index contributed by atoms with van der Waals surface area (Å²) in [5.41, 5.74) is -0.373. The maximum Gasteiger partial charge on any atom is 0.326 e. The Kier molecular flexibility index (Phi) is 5.59. The molecule has 0 fully saturated rings. The van der Waals surface area contributed by atoms with E-state index in [1.165, 1.54) is 23.9 Å². The zero-order chi connectivity index (χ0) is 15.8. The van der Waals surface area contributed by atoms with Crippen molar-refractivity contribution in [1.29, 1.82) is 0 Å². The van der Waals surface area contributed by atoms with Gasteiger partial charge >= 0.3 is 5.97 Å². The van der Waals surface area contributed by atoms with Crippen LogP contribution < -0.4 is 15.0 Å². The highest BCUT2D eigenvalue weighted by atomic mass is 16.6. The van der Waals surface area contributed by atoms with Gasteiger partial charge in [0.25, 0.3) is 5.56 Å². The molecule has 0 atom stereocenters. The van der Waals surface area contributed by atoms with Gasteiger partial charge in [0.15, 0.2) is 5.75 Å². The molecule has 0 saturated carbocycles. The third kappa shape index (κ3) is 4.37. The lowest BCUT2D eigenvalue weighted by Crippen LogP contribution is -2.26. The van der Waals surface area contributed by atoms with Crippen molar-refractivity contribution in [1.82, 2.24) is 4.57 Å². The number of ether oxygens (including phenoxy) is 3. The van der Waals surface area contributed by atoms with E-state index in [-0.39, 0.29) is 31.1 Å². The molecule has 2 rings (SSSR count). The molecule has 1 aromatic heterocycles. The largest absolute Gasteiger partial charge is 0.491 e. The molecule has 0 spiro atoms. The van der Waals surface area contributed by atoms with Crippen LogP contribution in [0.2, 0.25) is 0 Å². The fraction of sp³-hybridized carbons (Fsp3) is 0.250. The van der Waals surface area contributed by atoms with Crippen molar-refractivity contribution in [2.75, 3.05) is 20.3 Å². The zero-order valence-electron chi connectivity index (χ0n) is 12.2. The first-order valence-electron chi connectivity index (χ1n) is 6.77. The summed E-state index contributed by atoms with van der Waals surface area (Å²) in [4.78, 5) is 23.6. The van der Waals surface area contributed by atoms with E-state index in [1.807, 2.05) is 30.3 Å². The topological polar surface area (TPSA) is 66.8 Å². The fourth-order valence-electron chi connectivity index (χ4n) is 1.81. The number of benzene rings is 1. The number of rotatable bonds is 7. The molecular formula is C16H17NO5. The van der Waals surface area contributed by atoms with Crippen molar-refractivity contribution < 1.29 is 19.0 Å². The Morgan fingerprint density at radius 2 is 1.86 bits per heavy atom. The van der Waals surface area contributed by atoms with Crippen molar-refractivity contribution in [3.8, 4) is 11.5 Å². The average molecular weight is 303 g/mol. The molecule has 1 aromatic carbocycles. The van der Waals surface area contributed by atoms with Crippen LogP contribution in [-0.4, -0.2) is 30.9 Å². The summed E-state index contributed by atoms with van der Waals surface area (Å²) in [6.07, 6.45) is 1.51. The van der Waals surface area contributed by atoms with Crippen molar-refractivity contribution in [2.45, 2.75) is 6.54 Å². The second-order valence-electron chi connectivity index (χ2n) is 4.39. The molecule has 0 aliphatic carbocycles. The van der Waals surface area contributed by atoms with Gasteiger partial charge in [-0.05, 0) is 24.3 Å². The molecular weight excluding hydrogens is 286 g/mol. The predicted molar refractivity (Wildman–Crippen MR) is 80.2 cm³/mol. The van der Waals surface area contributed by atoms with E-state index in [1.54, 1.807) is 6.07 Å². The lowest BCUT2D eigenvalue weighted by atomic mass is 10.3. The van der Waals surface area contributed by atoms with Crippen molar-refractivity contribution in [3.63, 3.8) is 0 Å². The summed E-state index contributed by atoms with van der Waals surface area (Å²) in [6.45, 7) is 0.205. The van der Waals surface area contributed by atoms with Crippen molar-refractivity contribution in [2.24, 2.45) is 0 Å².